The van der Waals surface area contributed by atoms with Gasteiger partial charge in [0, 0.05) is 36.8 Å². The average Bonchev–Trinajstić information content (AvgIpc) is 3.31. The second kappa shape index (κ2) is 8.86. The zero-order chi connectivity index (χ0) is 24.8. The number of nitrogens with zero attached hydrogens (tertiary/aromatic N) is 3. The monoisotopic (exact) mass is 493 g/mol. The number of nitrogens with two attached hydrogens (primary N) is 1. The van der Waals surface area contributed by atoms with Crippen molar-refractivity contribution in [1.29, 1.82) is 0 Å². The summed E-state index contributed by atoms with van der Waals surface area (Å²) in [6, 6.07) is 6.16. The second-order valence-corrected chi connectivity index (χ2v) is 11.4. The third-order valence-electron chi connectivity index (χ3n) is 6.41. The molecule has 2 atom stereocenters. The summed E-state index contributed by atoms with van der Waals surface area (Å²) < 4.78 is 56.1. The summed E-state index contributed by atoms with van der Waals surface area (Å²) in [5.41, 5.74) is 6.24. The minimum Gasteiger partial charge on any atom is -0.351 e. The first-order valence-corrected chi connectivity index (χ1v) is 12.6. The standard InChI is InChI=1S/C23H29F2N5O3S/c1-14-11-23(2,3)30(12-14)21-17(22(31)28-34(32,33)29-9-8-16(26)13-29)5-7-20(27-21)15-4-6-18(24)19(25)10-15/h4-7,10,14,16H,8-9,11-13,26H2,1-3H3,(H,28,31)/t14-,16-/m0/s1. The van der Waals surface area contributed by atoms with E-state index in [-0.39, 0.29) is 30.2 Å². The van der Waals surface area contributed by atoms with Crippen LogP contribution in [0.3, 0.4) is 0 Å². The largest absolute Gasteiger partial charge is 0.351 e. The molecule has 4 rings (SSSR count). The van der Waals surface area contributed by atoms with Crippen LogP contribution in [-0.2, 0) is 10.2 Å². The summed E-state index contributed by atoms with van der Waals surface area (Å²) in [7, 11) is -4.08. The molecular weight excluding hydrogens is 464 g/mol. The van der Waals surface area contributed by atoms with Crippen molar-refractivity contribution in [1.82, 2.24) is 14.0 Å². The highest BCUT2D eigenvalue weighted by molar-refractivity contribution is 7.87. The summed E-state index contributed by atoms with van der Waals surface area (Å²) in [6.45, 7) is 7.11. The maximum atomic E-state index is 13.9. The van der Waals surface area contributed by atoms with Crippen molar-refractivity contribution in [3.63, 3.8) is 0 Å². The molecule has 2 aliphatic heterocycles. The molecule has 2 fully saturated rings. The van der Waals surface area contributed by atoms with Crippen molar-refractivity contribution in [2.75, 3.05) is 24.5 Å². The number of carbonyl (C=O) groups excluding carboxylic acids is 1. The van der Waals surface area contributed by atoms with E-state index in [0.717, 1.165) is 22.9 Å². The van der Waals surface area contributed by atoms with Crippen LogP contribution in [0.5, 0.6) is 0 Å². The van der Waals surface area contributed by atoms with Crippen LogP contribution in [0.15, 0.2) is 30.3 Å². The Bertz CT molecular complexity index is 1220. The number of anilines is 1. The molecule has 2 saturated heterocycles. The molecule has 11 heteroatoms. The van der Waals surface area contributed by atoms with E-state index in [1.807, 2.05) is 18.7 Å². The van der Waals surface area contributed by atoms with Crippen molar-refractivity contribution in [3.05, 3.63) is 47.5 Å². The Morgan fingerprint density at radius 3 is 2.50 bits per heavy atom. The lowest BCUT2D eigenvalue weighted by Gasteiger charge is -2.34. The van der Waals surface area contributed by atoms with E-state index in [1.54, 1.807) is 0 Å². The molecule has 1 aromatic heterocycles. The molecule has 2 aromatic rings. The second-order valence-electron chi connectivity index (χ2n) is 9.77. The molecule has 8 nitrogen and oxygen atoms in total. The summed E-state index contributed by atoms with van der Waals surface area (Å²) in [5.74, 6) is -2.18. The number of carbonyl (C=O) groups is 1. The zero-order valence-electron chi connectivity index (χ0n) is 19.4. The molecule has 3 heterocycles. The van der Waals surface area contributed by atoms with Gasteiger partial charge in [-0.1, -0.05) is 6.92 Å². The first-order chi connectivity index (χ1) is 15.9. The third-order valence-corrected chi connectivity index (χ3v) is 7.87. The van der Waals surface area contributed by atoms with Gasteiger partial charge in [-0.05, 0) is 62.9 Å². The van der Waals surface area contributed by atoms with Gasteiger partial charge in [-0.2, -0.15) is 12.7 Å². The van der Waals surface area contributed by atoms with Crippen LogP contribution in [0, 0.1) is 17.6 Å². The molecule has 34 heavy (non-hydrogen) atoms. The Morgan fingerprint density at radius 2 is 1.91 bits per heavy atom. The van der Waals surface area contributed by atoms with Gasteiger partial charge in [-0.15, -0.1) is 0 Å². The van der Waals surface area contributed by atoms with E-state index in [2.05, 4.69) is 16.6 Å². The summed E-state index contributed by atoms with van der Waals surface area (Å²) in [4.78, 5) is 19.8. The van der Waals surface area contributed by atoms with Gasteiger partial charge < -0.3 is 10.6 Å². The van der Waals surface area contributed by atoms with Crippen LogP contribution < -0.4 is 15.4 Å². The Hall–Kier alpha value is -2.63. The molecule has 184 valence electrons. The first kappa shape index (κ1) is 24.5. The van der Waals surface area contributed by atoms with Crippen molar-refractivity contribution >= 4 is 21.9 Å². The van der Waals surface area contributed by atoms with Crippen LogP contribution in [0.2, 0.25) is 0 Å². The molecule has 0 aliphatic carbocycles. The molecule has 0 unspecified atom stereocenters. The fourth-order valence-corrected chi connectivity index (χ4v) is 6.02. The van der Waals surface area contributed by atoms with Gasteiger partial charge in [-0.25, -0.2) is 18.5 Å². The zero-order valence-corrected chi connectivity index (χ0v) is 20.2. The predicted octanol–water partition coefficient (Wildman–Crippen LogP) is 2.66. The van der Waals surface area contributed by atoms with E-state index in [9.17, 15) is 22.0 Å². The number of benzene rings is 1. The van der Waals surface area contributed by atoms with Gasteiger partial charge in [0.05, 0.1) is 11.3 Å². The van der Waals surface area contributed by atoms with Crippen LogP contribution in [-0.4, -0.2) is 54.8 Å². The highest BCUT2D eigenvalue weighted by atomic mass is 32.2. The Morgan fingerprint density at radius 1 is 1.18 bits per heavy atom. The summed E-state index contributed by atoms with van der Waals surface area (Å²) in [6.07, 6.45) is 1.36. The molecule has 2 aliphatic rings. The first-order valence-electron chi connectivity index (χ1n) is 11.2. The molecule has 1 amide bonds. The van der Waals surface area contributed by atoms with Crippen molar-refractivity contribution in [3.8, 4) is 11.3 Å². The van der Waals surface area contributed by atoms with Gasteiger partial charge in [0.15, 0.2) is 11.6 Å². The number of nitrogens with one attached hydrogen (secondary N) is 1. The van der Waals surface area contributed by atoms with Crippen LogP contribution in [0.25, 0.3) is 11.3 Å². The molecule has 1 aromatic carbocycles. The van der Waals surface area contributed by atoms with Crippen molar-refractivity contribution in [2.45, 2.75) is 45.2 Å². The lowest BCUT2D eigenvalue weighted by Crippen LogP contribution is -2.44. The van der Waals surface area contributed by atoms with E-state index in [4.69, 9.17) is 5.73 Å². The van der Waals surface area contributed by atoms with Gasteiger partial charge in [0.2, 0.25) is 0 Å². The van der Waals surface area contributed by atoms with Crippen molar-refractivity contribution < 1.29 is 22.0 Å². The number of hydrogen-bond acceptors (Lipinski definition) is 6. The minimum absolute atomic E-state index is 0.0839. The number of aromatic nitrogens is 1. The Balaban J connectivity index is 1.74. The van der Waals surface area contributed by atoms with Gasteiger partial charge >= 0.3 is 10.2 Å². The van der Waals surface area contributed by atoms with E-state index in [1.165, 1.54) is 18.2 Å². The topological polar surface area (TPSA) is 109 Å². The summed E-state index contributed by atoms with van der Waals surface area (Å²) >= 11 is 0. The molecule has 0 spiro atoms. The van der Waals surface area contributed by atoms with Crippen LogP contribution >= 0.6 is 0 Å². The van der Waals surface area contributed by atoms with Gasteiger partial charge in [0.1, 0.15) is 5.82 Å². The molecule has 0 saturated carbocycles. The van der Waals surface area contributed by atoms with Gasteiger partial charge in [0.25, 0.3) is 5.91 Å². The Kier molecular flexibility index (Phi) is 6.38. The van der Waals surface area contributed by atoms with E-state index in [0.29, 0.717) is 36.0 Å². The molecular formula is C23H29F2N5O3S. The number of pyridine rings is 1. The lowest BCUT2D eigenvalue weighted by molar-refractivity contribution is 0.0979. The number of rotatable bonds is 5. The lowest BCUT2D eigenvalue weighted by atomic mass is 9.97. The quantitative estimate of drug-likeness (QED) is 0.663. The van der Waals surface area contributed by atoms with E-state index >= 15 is 0 Å². The average molecular weight is 494 g/mol. The fraction of sp³-hybridized carbons (Fsp3) is 0.478. The third kappa shape index (κ3) is 4.77. The highest BCUT2D eigenvalue weighted by Gasteiger charge is 2.40. The Labute approximate surface area is 198 Å². The SMILES string of the molecule is C[C@@H]1CN(c2nc(-c3ccc(F)c(F)c3)ccc2C(=O)NS(=O)(=O)N2CC[C@H](N)C2)C(C)(C)C1. The number of halogens is 2. The fourth-order valence-electron chi connectivity index (χ4n) is 4.82. The summed E-state index contributed by atoms with van der Waals surface area (Å²) in [5, 5.41) is 0. The van der Waals surface area contributed by atoms with Gasteiger partial charge in [-0.3, -0.25) is 4.79 Å². The number of hydrogen-bond donors (Lipinski definition) is 2. The molecule has 3 N–H and O–H groups in total. The molecule has 0 radical (unpaired) electrons. The molecule has 0 bridgehead atoms. The van der Waals surface area contributed by atoms with Crippen LogP contribution in [0.1, 0.15) is 44.0 Å². The highest BCUT2D eigenvalue weighted by Crippen LogP contribution is 2.38. The predicted molar refractivity (Wildman–Crippen MR) is 125 cm³/mol. The normalized spacial score (nSPS) is 22.8. The smallest absolute Gasteiger partial charge is 0.304 e. The maximum absolute atomic E-state index is 13.9. The van der Waals surface area contributed by atoms with E-state index < -0.39 is 27.8 Å². The van der Waals surface area contributed by atoms with Crippen molar-refractivity contribution in [2.24, 2.45) is 11.7 Å². The van der Waals surface area contributed by atoms with Crippen LogP contribution in [0.4, 0.5) is 14.6 Å². The number of amides is 1. The maximum Gasteiger partial charge on any atom is 0.304 e. The minimum atomic E-state index is -4.08.